The third-order valence-corrected chi connectivity index (χ3v) is 2.03. The number of pyridine rings is 1. The van der Waals surface area contributed by atoms with Crippen molar-refractivity contribution in [3.63, 3.8) is 0 Å². The maximum atomic E-state index is 11.5. The number of rotatable bonds is 4. The first kappa shape index (κ1) is 11.7. The van der Waals surface area contributed by atoms with E-state index in [1.165, 1.54) is 0 Å². The van der Waals surface area contributed by atoms with Gasteiger partial charge in [0.2, 0.25) is 5.91 Å². The fraction of sp³-hybridized carbons (Fsp3) is 0.500. The Labute approximate surface area is 90.9 Å². The summed E-state index contributed by atoms with van der Waals surface area (Å²) >= 11 is 0. The van der Waals surface area contributed by atoms with Gasteiger partial charge in [-0.2, -0.15) is 0 Å². The summed E-state index contributed by atoms with van der Waals surface area (Å²) in [6.07, 6.45) is 1.42. The quantitative estimate of drug-likeness (QED) is 0.822. The number of nitrogens with one attached hydrogen (secondary N) is 1. The van der Waals surface area contributed by atoms with Crippen molar-refractivity contribution in [2.24, 2.45) is 5.92 Å². The third-order valence-electron chi connectivity index (χ3n) is 2.03. The predicted molar refractivity (Wildman–Crippen MR) is 61.7 cm³/mol. The van der Waals surface area contributed by atoms with Crippen LogP contribution in [0.15, 0.2) is 18.2 Å². The first-order valence-corrected chi connectivity index (χ1v) is 5.37. The van der Waals surface area contributed by atoms with Gasteiger partial charge in [0.15, 0.2) is 0 Å². The lowest BCUT2D eigenvalue weighted by Crippen LogP contribution is -2.15. The van der Waals surface area contributed by atoms with Crippen molar-refractivity contribution >= 4 is 11.7 Å². The summed E-state index contributed by atoms with van der Waals surface area (Å²) in [5, 5.41) is 2.80. The third kappa shape index (κ3) is 4.11. The number of anilines is 1. The van der Waals surface area contributed by atoms with Gasteiger partial charge in [-0.05, 0) is 24.5 Å². The second-order valence-corrected chi connectivity index (χ2v) is 4.01. The second-order valence-electron chi connectivity index (χ2n) is 4.01. The zero-order valence-electron chi connectivity index (χ0n) is 9.58. The number of amides is 1. The van der Waals surface area contributed by atoms with Gasteiger partial charge in [0.25, 0.3) is 0 Å². The molecule has 0 aliphatic carbocycles. The Kier molecular flexibility index (Phi) is 4.28. The van der Waals surface area contributed by atoms with Gasteiger partial charge in [-0.25, -0.2) is 4.98 Å². The molecule has 0 aliphatic rings. The van der Waals surface area contributed by atoms with Gasteiger partial charge in [0, 0.05) is 12.1 Å². The lowest BCUT2D eigenvalue weighted by molar-refractivity contribution is -0.116. The fourth-order valence-corrected chi connectivity index (χ4v) is 1.31. The van der Waals surface area contributed by atoms with Crippen LogP contribution >= 0.6 is 0 Å². The highest BCUT2D eigenvalue weighted by molar-refractivity contribution is 5.89. The van der Waals surface area contributed by atoms with Crippen molar-refractivity contribution in [2.75, 3.05) is 5.32 Å². The molecule has 1 heterocycles. The molecule has 15 heavy (non-hydrogen) atoms. The van der Waals surface area contributed by atoms with Crippen LogP contribution in [-0.2, 0) is 11.2 Å². The summed E-state index contributed by atoms with van der Waals surface area (Å²) in [4.78, 5) is 15.8. The van der Waals surface area contributed by atoms with Crippen LogP contribution in [0.25, 0.3) is 0 Å². The Morgan fingerprint density at radius 3 is 2.80 bits per heavy atom. The molecule has 0 aromatic carbocycles. The molecule has 1 aromatic rings. The van der Waals surface area contributed by atoms with Gasteiger partial charge >= 0.3 is 0 Å². The fourth-order valence-electron chi connectivity index (χ4n) is 1.31. The van der Waals surface area contributed by atoms with E-state index in [9.17, 15) is 4.79 Å². The van der Waals surface area contributed by atoms with Gasteiger partial charge in [0.1, 0.15) is 5.82 Å². The summed E-state index contributed by atoms with van der Waals surface area (Å²) < 4.78 is 0. The molecule has 0 saturated heterocycles. The number of carbonyl (C=O) groups is 1. The van der Waals surface area contributed by atoms with E-state index in [0.717, 1.165) is 12.1 Å². The molecule has 1 N–H and O–H groups in total. The Hall–Kier alpha value is -1.38. The van der Waals surface area contributed by atoms with E-state index in [-0.39, 0.29) is 5.91 Å². The van der Waals surface area contributed by atoms with Gasteiger partial charge in [-0.1, -0.05) is 26.8 Å². The zero-order valence-corrected chi connectivity index (χ0v) is 9.58. The average Bonchev–Trinajstić information content (AvgIpc) is 2.16. The molecule has 0 spiro atoms. The number of nitrogens with zero attached hydrogens (tertiary/aromatic N) is 1. The average molecular weight is 206 g/mol. The highest BCUT2D eigenvalue weighted by Crippen LogP contribution is 2.07. The summed E-state index contributed by atoms with van der Waals surface area (Å²) in [7, 11) is 0. The van der Waals surface area contributed by atoms with Crippen molar-refractivity contribution in [2.45, 2.75) is 33.6 Å². The van der Waals surface area contributed by atoms with Gasteiger partial charge in [-0.3, -0.25) is 4.79 Å². The molecular formula is C12H18N2O. The van der Waals surface area contributed by atoms with Crippen molar-refractivity contribution in [3.8, 4) is 0 Å². The molecule has 1 aromatic heterocycles. The van der Waals surface area contributed by atoms with Crippen LogP contribution in [0, 0.1) is 5.92 Å². The molecule has 1 amide bonds. The van der Waals surface area contributed by atoms with E-state index in [1.54, 1.807) is 0 Å². The van der Waals surface area contributed by atoms with Crippen LogP contribution in [0.5, 0.6) is 0 Å². The standard InChI is InChI=1S/C12H18N2O/c1-4-10-6-5-7-11(13-10)14-12(15)8-9(2)3/h5-7,9H,4,8H2,1-3H3,(H,13,14,15). The minimum atomic E-state index is 0.0331. The van der Waals surface area contributed by atoms with Crippen LogP contribution < -0.4 is 5.32 Å². The molecule has 0 bridgehead atoms. The number of aromatic nitrogens is 1. The molecule has 0 unspecified atom stereocenters. The largest absolute Gasteiger partial charge is 0.311 e. The highest BCUT2D eigenvalue weighted by Gasteiger charge is 2.05. The lowest BCUT2D eigenvalue weighted by atomic mass is 10.1. The normalized spacial score (nSPS) is 10.4. The van der Waals surface area contributed by atoms with Crippen molar-refractivity contribution in [1.29, 1.82) is 0 Å². The summed E-state index contributed by atoms with van der Waals surface area (Å²) in [6, 6.07) is 5.69. The Morgan fingerprint density at radius 1 is 1.47 bits per heavy atom. The van der Waals surface area contributed by atoms with Crippen LogP contribution in [0.2, 0.25) is 0 Å². The smallest absolute Gasteiger partial charge is 0.225 e. The van der Waals surface area contributed by atoms with Crippen LogP contribution in [0.4, 0.5) is 5.82 Å². The Morgan fingerprint density at radius 2 is 2.20 bits per heavy atom. The molecule has 1 rings (SSSR count). The molecule has 0 aliphatic heterocycles. The molecule has 0 fully saturated rings. The summed E-state index contributed by atoms with van der Waals surface area (Å²) in [5.74, 6) is 1.06. The first-order valence-electron chi connectivity index (χ1n) is 5.37. The van der Waals surface area contributed by atoms with Crippen molar-refractivity contribution in [1.82, 2.24) is 4.98 Å². The Bertz CT molecular complexity index is 334. The lowest BCUT2D eigenvalue weighted by Gasteiger charge is -2.07. The number of carbonyl (C=O) groups excluding carboxylic acids is 1. The maximum Gasteiger partial charge on any atom is 0.225 e. The van der Waals surface area contributed by atoms with Gasteiger partial charge in [0.05, 0.1) is 0 Å². The molecule has 0 radical (unpaired) electrons. The van der Waals surface area contributed by atoms with Crippen molar-refractivity contribution in [3.05, 3.63) is 23.9 Å². The van der Waals surface area contributed by atoms with Crippen LogP contribution in [0.3, 0.4) is 0 Å². The van der Waals surface area contributed by atoms with Crippen LogP contribution in [-0.4, -0.2) is 10.9 Å². The van der Waals surface area contributed by atoms with Crippen molar-refractivity contribution < 1.29 is 4.79 Å². The predicted octanol–water partition coefficient (Wildman–Crippen LogP) is 2.63. The molecule has 0 atom stereocenters. The number of hydrogen-bond acceptors (Lipinski definition) is 2. The highest BCUT2D eigenvalue weighted by atomic mass is 16.1. The molecular weight excluding hydrogens is 188 g/mol. The van der Waals surface area contributed by atoms with Crippen LogP contribution in [0.1, 0.15) is 32.9 Å². The number of aryl methyl sites for hydroxylation is 1. The first-order chi connectivity index (χ1) is 7.11. The zero-order chi connectivity index (χ0) is 11.3. The SMILES string of the molecule is CCc1cccc(NC(=O)CC(C)C)n1. The minimum absolute atomic E-state index is 0.0331. The summed E-state index contributed by atoms with van der Waals surface area (Å²) in [5.41, 5.74) is 0.998. The number of hydrogen-bond donors (Lipinski definition) is 1. The van der Waals surface area contributed by atoms with E-state index in [0.29, 0.717) is 18.2 Å². The van der Waals surface area contributed by atoms with E-state index in [4.69, 9.17) is 0 Å². The monoisotopic (exact) mass is 206 g/mol. The van der Waals surface area contributed by atoms with Gasteiger partial charge < -0.3 is 5.32 Å². The Balaban J connectivity index is 2.60. The topological polar surface area (TPSA) is 42.0 Å². The molecule has 3 heteroatoms. The molecule has 82 valence electrons. The summed E-state index contributed by atoms with van der Waals surface area (Å²) in [6.45, 7) is 6.09. The molecule has 0 saturated carbocycles. The van der Waals surface area contributed by atoms with Gasteiger partial charge in [-0.15, -0.1) is 0 Å². The van der Waals surface area contributed by atoms with E-state index in [1.807, 2.05) is 39.0 Å². The van der Waals surface area contributed by atoms with E-state index < -0.39 is 0 Å². The second kappa shape index (κ2) is 5.49. The maximum absolute atomic E-state index is 11.5. The molecule has 3 nitrogen and oxygen atoms in total. The van der Waals surface area contributed by atoms with E-state index in [2.05, 4.69) is 10.3 Å². The minimum Gasteiger partial charge on any atom is -0.311 e. The van der Waals surface area contributed by atoms with E-state index >= 15 is 0 Å².